The van der Waals surface area contributed by atoms with Crippen molar-refractivity contribution in [2.75, 3.05) is 26.7 Å². The van der Waals surface area contributed by atoms with Crippen molar-refractivity contribution in [3.63, 3.8) is 0 Å². The first-order valence-electron chi connectivity index (χ1n) is 7.86. The van der Waals surface area contributed by atoms with Crippen LogP contribution in [0.1, 0.15) is 25.0 Å². The van der Waals surface area contributed by atoms with Crippen LogP contribution < -0.4 is 10.2 Å². The van der Waals surface area contributed by atoms with E-state index in [-0.39, 0.29) is 31.3 Å². The molecule has 0 spiro atoms. The van der Waals surface area contributed by atoms with Crippen LogP contribution in [0.4, 0.5) is 0 Å². The van der Waals surface area contributed by atoms with Gasteiger partial charge in [0.05, 0.1) is 32.3 Å². The van der Waals surface area contributed by atoms with E-state index in [0.29, 0.717) is 24.9 Å². The number of likely N-dealkylation sites (N-methyl/N-ethyl adjacent to an activating group) is 1. The number of hydrogen-bond donors (Lipinski definition) is 2. The maximum atomic E-state index is 12.4. The van der Waals surface area contributed by atoms with Crippen LogP contribution in [0, 0.1) is 11.3 Å². The third-order valence-corrected chi connectivity index (χ3v) is 3.63. The zero-order valence-electron chi connectivity index (χ0n) is 13.4. The molecule has 7 heteroatoms. The Morgan fingerprint density at radius 1 is 1.48 bits per heavy atom. The Labute approximate surface area is 135 Å². The van der Waals surface area contributed by atoms with E-state index in [0.717, 1.165) is 17.7 Å². The van der Waals surface area contributed by atoms with Crippen molar-refractivity contribution in [1.82, 2.24) is 10.2 Å². The van der Waals surface area contributed by atoms with E-state index in [1.54, 1.807) is 23.3 Å². The normalized spacial score (nSPS) is 14.8. The average Bonchev–Trinajstić information content (AvgIpc) is 3.15. The van der Waals surface area contributed by atoms with Gasteiger partial charge in [-0.3, -0.25) is 9.59 Å². The second-order valence-electron chi connectivity index (χ2n) is 5.96. The van der Waals surface area contributed by atoms with E-state index in [4.69, 9.17) is 9.68 Å². The highest BCUT2D eigenvalue weighted by Gasteiger charge is 2.25. The predicted octanol–water partition coefficient (Wildman–Crippen LogP) is -0.685. The quantitative estimate of drug-likeness (QED) is 0.631. The molecule has 0 saturated heterocycles. The monoisotopic (exact) mass is 319 g/mol. The molecule has 0 radical (unpaired) electrons. The van der Waals surface area contributed by atoms with E-state index < -0.39 is 0 Å². The topological polar surface area (TPSA) is 90.8 Å². The van der Waals surface area contributed by atoms with Crippen molar-refractivity contribution in [2.45, 2.75) is 31.8 Å². The zero-order chi connectivity index (χ0) is 16.7. The fourth-order valence-corrected chi connectivity index (χ4v) is 2.28. The largest absolute Gasteiger partial charge is 0.467 e. The number of hydrogen-bond acceptors (Lipinski definition) is 4. The van der Waals surface area contributed by atoms with Gasteiger partial charge in [0, 0.05) is 12.6 Å². The fraction of sp³-hybridized carbons (Fsp3) is 0.562. The van der Waals surface area contributed by atoms with Gasteiger partial charge in [0.15, 0.2) is 13.1 Å². The lowest BCUT2D eigenvalue weighted by Crippen LogP contribution is -3.11. The molecule has 0 bridgehead atoms. The molecule has 1 aromatic rings. The number of nitrogens with zero attached hydrogens (tertiary/aromatic N) is 2. The van der Waals surface area contributed by atoms with E-state index in [2.05, 4.69) is 11.4 Å². The lowest BCUT2D eigenvalue weighted by Gasteiger charge is -2.22. The molecule has 1 aliphatic rings. The Morgan fingerprint density at radius 3 is 2.87 bits per heavy atom. The highest BCUT2D eigenvalue weighted by Crippen LogP contribution is 2.17. The average molecular weight is 319 g/mol. The van der Waals surface area contributed by atoms with E-state index >= 15 is 0 Å². The summed E-state index contributed by atoms with van der Waals surface area (Å²) in [5.41, 5.74) is 0. The summed E-state index contributed by atoms with van der Waals surface area (Å²) in [6, 6.07) is 5.95. The lowest BCUT2D eigenvalue weighted by atomic mass is 10.3. The summed E-state index contributed by atoms with van der Waals surface area (Å²) in [5, 5.41) is 11.7. The van der Waals surface area contributed by atoms with Crippen LogP contribution in [-0.2, 0) is 16.1 Å². The van der Waals surface area contributed by atoms with Crippen LogP contribution in [0.15, 0.2) is 22.8 Å². The molecule has 7 nitrogen and oxygen atoms in total. The Kier molecular flexibility index (Phi) is 6.18. The molecule has 0 aromatic carbocycles. The molecular weight excluding hydrogens is 296 g/mol. The van der Waals surface area contributed by atoms with Gasteiger partial charge in [0.2, 0.25) is 0 Å². The minimum absolute atomic E-state index is 0.0209. The number of furan rings is 1. The first kappa shape index (κ1) is 17.0. The summed E-state index contributed by atoms with van der Waals surface area (Å²) < 4.78 is 5.27. The van der Waals surface area contributed by atoms with Gasteiger partial charge in [-0.15, -0.1) is 0 Å². The Bertz CT molecular complexity index is 560. The second kappa shape index (κ2) is 8.34. The number of quaternary nitrogens is 1. The van der Waals surface area contributed by atoms with Crippen LogP contribution in [-0.4, -0.2) is 49.4 Å². The third kappa shape index (κ3) is 6.12. The summed E-state index contributed by atoms with van der Waals surface area (Å²) in [7, 11) is 1.82. The van der Waals surface area contributed by atoms with Gasteiger partial charge >= 0.3 is 0 Å². The number of carbonyl (C=O) groups is 2. The minimum Gasteiger partial charge on any atom is -0.467 e. The molecule has 1 aromatic heterocycles. The molecule has 1 atom stereocenters. The van der Waals surface area contributed by atoms with Gasteiger partial charge in [0.1, 0.15) is 5.76 Å². The van der Waals surface area contributed by atoms with Gasteiger partial charge in [-0.1, -0.05) is 0 Å². The molecule has 1 fully saturated rings. The molecule has 2 N–H and O–H groups in total. The molecule has 1 aliphatic carbocycles. The molecular formula is C16H23N4O3+. The van der Waals surface area contributed by atoms with Crippen LogP contribution in [0.3, 0.4) is 0 Å². The van der Waals surface area contributed by atoms with Gasteiger partial charge in [-0.2, -0.15) is 5.26 Å². The van der Waals surface area contributed by atoms with E-state index in [1.165, 1.54) is 0 Å². The minimum atomic E-state index is -0.0895. The fourth-order valence-electron chi connectivity index (χ4n) is 2.28. The zero-order valence-corrected chi connectivity index (χ0v) is 13.4. The van der Waals surface area contributed by atoms with Gasteiger partial charge in [0.25, 0.3) is 11.8 Å². The van der Waals surface area contributed by atoms with Crippen molar-refractivity contribution in [2.24, 2.45) is 0 Å². The first-order valence-corrected chi connectivity index (χ1v) is 7.86. The number of amides is 2. The molecule has 23 heavy (non-hydrogen) atoms. The summed E-state index contributed by atoms with van der Waals surface area (Å²) in [4.78, 5) is 26.6. The third-order valence-electron chi connectivity index (χ3n) is 3.63. The highest BCUT2D eigenvalue weighted by molar-refractivity contribution is 5.79. The van der Waals surface area contributed by atoms with Crippen molar-refractivity contribution < 1.29 is 18.9 Å². The highest BCUT2D eigenvalue weighted by atomic mass is 16.3. The van der Waals surface area contributed by atoms with Crippen LogP contribution in [0.5, 0.6) is 0 Å². The Morgan fingerprint density at radius 2 is 2.26 bits per heavy atom. The molecule has 124 valence electrons. The smallest absolute Gasteiger partial charge is 0.278 e. The van der Waals surface area contributed by atoms with Crippen LogP contribution in [0.2, 0.25) is 0 Å². The Hall–Kier alpha value is -2.33. The SMILES string of the molecule is C[NH+](CC(=O)NC1CC1)CC(=O)N(CCC#N)Cc1ccco1. The summed E-state index contributed by atoms with van der Waals surface area (Å²) >= 11 is 0. The molecule has 1 unspecified atom stereocenters. The van der Waals surface area contributed by atoms with Crippen LogP contribution in [0.25, 0.3) is 0 Å². The van der Waals surface area contributed by atoms with Gasteiger partial charge < -0.3 is 19.5 Å². The van der Waals surface area contributed by atoms with E-state index in [9.17, 15) is 9.59 Å². The Balaban J connectivity index is 1.82. The molecule has 2 rings (SSSR count). The molecule has 0 aliphatic heterocycles. The van der Waals surface area contributed by atoms with Gasteiger partial charge in [-0.25, -0.2) is 0 Å². The van der Waals surface area contributed by atoms with E-state index in [1.807, 2.05) is 7.05 Å². The summed E-state index contributed by atoms with van der Waals surface area (Å²) in [6.45, 7) is 1.19. The number of nitriles is 1. The number of rotatable bonds is 9. The molecule has 1 saturated carbocycles. The summed E-state index contributed by atoms with van der Waals surface area (Å²) in [6.07, 6.45) is 3.93. The maximum absolute atomic E-state index is 12.4. The van der Waals surface area contributed by atoms with Gasteiger partial charge in [-0.05, 0) is 25.0 Å². The lowest BCUT2D eigenvalue weighted by molar-refractivity contribution is -0.863. The molecule has 2 amide bonds. The van der Waals surface area contributed by atoms with Crippen molar-refractivity contribution in [3.8, 4) is 6.07 Å². The second-order valence-corrected chi connectivity index (χ2v) is 5.96. The van der Waals surface area contributed by atoms with Crippen LogP contribution >= 0.6 is 0 Å². The summed E-state index contributed by atoms with van der Waals surface area (Å²) in [5.74, 6) is 0.571. The van der Waals surface area contributed by atoms with Crippen molar-refractivity contribution >= 4 is 11.8 Å². The van der Waals surface area contributed by atoms with Crippen molar-refractivity contribution in [3.05, 3.63) is 24.2 Å². The number of carbonyl (C=O) groups excluding carboxylic acids is 2. The van der Waals surface area contributed by atoms with Crippen molar-refractivity contribution in [1.29, 1.82) is 5.26 Å². The maximum Gasteiger partial charge on any atom is 0.278 e. The first-order chi connectivity index (χ1) is 11.1. The predicted molar refractivity (Wildman–Crippen MR) is 82.1 cm³/mol. The molecule has 1 heterocycles. The number of nitrogens with one attached hydrogen (secondary N) is 2. The standard InChI is InChI=1S/C16H22N4O3/c1-19(11-15(21)18-13-5-6-13)12-16(22)20(8-3-7-17)10-14-4-2-9-23-14/h2,4,9,13H,3,5-6,8,10-12H2,1H3,(H,18,21)/p+1.